The maximum Gasteiger partial charge on any atom is 0.220 e. The van der Waals surface area contributed by atoms with Crippen LogP contribution in [0.3, 0.4) is 0 Å². The molecule has 0 spiro atoms. The van der Waals surface area contributed by atoms with Crippen LogP contribution in [0, 0.1) is 13.8 Å². The Labute approximate surface area is 113 Å². The van der Waals surface area contributed by atoms with Crippen molar-refractivity contribution in [1.29, 1.82) is 0 Å². The van der Waals surface area contributed by atoms with Gasteiger partial charge in [-0.15, -0.1) is 11.3 Å². The predicted octanol–water partition coefficient (Wildman–Crippen LogP) is 3.14. The van der Waals surface area contributed by atoms with Gasteiger partial charge in [-0.05, 0) is 26.7 Å². The van der Waals surface area contributed by atoms with Crippen LogP contribution in [0.15, 0.2) is 0 Å². The largest absolute Gasteiger partial charge is 0.353 e. The van der Waals surface area contributed by atoms with Crippen molar-refractivity contribution in [3.8, 4) is 0 Å². The molecule has 1 aromatic rings. The van der Waals surface area contributed by atoms with Crippen LogP contribution in [0.5, 0.6) is 0 Å². The summed E-state index contributed by atoms with van der Waals surface area (Å²) in [5.41, 5.74) is 1.10. The predicted molar refractivity (Wildman–Crippen MR) is 74.9 cm³/mol. The summed E-state index contributed by atoms with van der Waals surface area (Å²) >= 11 is 1.71. The number of amides is 1. The lowest BCUT2D eigenvalue weighted by Gasteiger charge is -2.22. The second-order valence-corrected chi connectivity index (χ2v) is 6.44. The lowest BCUT2D eigenvalue weighted by atomic mass is 9.95. The zero-order valence-electron chi connectivity index (χ0n) is 11.3. The van der Waals surface area contributed by atoms with Crippen LogP contribution in [0.25, 0.3) is 0 Å². The van der Waals surface area contributed by atoms with Gasteiger partial charge in [0.05, 0.1) is 10.7 Å². The van der Waals surface area contributed by atoms with Gasteiger partial charge in [0.25, 0.3) is 0 Å². The molecule has 18 heavy (non-hydrogen) atoms. The maximum absolute atomic E-state index is 11.8. The van der Waals surface area contributed by atoms with Crippen LogP contribution in [0.2, 0.25) is 0 Å². The van der Waals surface area contributed by atoms with Crippen molar-refractivity contribution in [2.24, 2.45) is 0 Å². The summed E-state index contributed by atoms with van der Waals surface area (Å²) < 4.78 is 0. The maximum atomic E-state index is 11.8. The van der Waals surface area contributed by atoms with Crippen LogP contribution in [0.4, 0.5) is 0 Å². The fraction of sp³-hybridized carbons (Fsp3) is 0.714. The number of hydrogen-bond donors (Lipinski definition) is 1. The van der Waals surface area contributed by atoms with Gasteiger partial charge in [0.15, 0.2) is 0 Å². The van der Waals surface area contributed by atoms with E-state index in [1.54, 1.807) is 11.3 Å². The number of carbonyl (C=O) groups is 1. The SMILES string of the molecule is Cc1nc(CCC(=O)NC2CCCCC2)sc1C. The molecule has 1 aromatic heterocycles. The zero-order chi connectivity index (χ0) is 13.0. The highest BCUT2D eigenvalue weighted by atomic mass is 32.1. The van der Waals surface area contributed by atoms with Gasteiger partial charge in [-0.3, -0.25) is 4.79 Å². The topological polar surface area (TPSA) is 42.0 Å². The molecule has 3 nitrogen and oxygen atoms in total. The molecule has 1 aliphatic carbocycles. The molecule has 1 heterocycles. The number of carbonyl (C=O) groups excluding carboxylic acids is 1. The van der Waals surface area contributed by atoms with Crippen LogP contribution in [-0.4, -0.2) is 16.9 Å². The second-order valence-electron chi connectivity index (χ2n) is 5.15. The van der Waals surface area contributed by atoms with Gasteiger partial charge < -0.3 is 5.32 Å². The fourth-order valence-corrected chi connectivity index (χ4v) is 3.35. The summed E-state index contributed by atoms with van der Waals surface area (Å²) in [6.07, 6.45) is 7.50. The third-order valence-corrected chi connectivity index (χ3v) is 4.74. The summed E-state index contributed by atoms with van der Waals surface area (Å²) in [7, 11) is 0. The summed E-state index contributed by atoms with van der Waals surface area (Å²) in [6, 6.07) is 0.422. The quantitative estimate of drug-likeness (QED) is 0.909. The molecule has 0 saturated heterocycles. The Morgan fingerprint density at radius 3 is 2.67 bits per heavy atom. The van der Waals surface area contributed by atoms with Gasteiger partial charge in [0.1, 0.15) is 0 Å². The molecule has 0 atom stereocenters. The summed E-state index contributed by atoms with van der Waals surface area (Å²) in [5, 5.41) is 4.24. The molecule has 1 aliphatic rings. The Bertz CT molecular complexity index is 388. The highest BCUT2D eigenvalue weighted by Gasteiger charge is 2.15. The van der Waals surface area contributed by atoms with E-state index in [1.165, 1.54) is 24.1 Å². The van der Waals surface area contributed by atoms with Crippen molar-refractivity contribution in [1.82, 2.24) is 10.3 Å². The van der Waals surface area contributed by atoms with E-state index in [9.17, 15) is 4.79 Å². The van der Waals surface area contributed by atoms with Crippen molar-refractivity contribution in [2.45, 2.75) is 64.8 Å². The van der Waals surface area contributed by atoms with Crippen LogP contribution >= 0.6 is 11.3 Å². The molecular weight excluding hydrogens is 244 g/mol. The standard InChI is InChI=1S/C14H22N2OS/c1-10-11(2)18-14(15-10)9-8-13(17)16-12-6-4-3-5-7-12/h12H,3-9H2,1-2H3,(H,16,17). The third kappa shape index (κ3) is 3.80. The molecular formula is C14H22N2OS. The lowest BCUT2D eigenvalue weighted by Crippen LogP contribution is -2.36. The van der Waals surface area contributed by atoms with E-state index >= 15 is 0 Å². The first kappa shape index (κ1) is 13.5. The summed E-state index contributed by atoms with van der Waals surface area (Å²) in [4.78, 5) is 17.6. The van der Waals surface area contributed by atoms with Crippen LogP contribution in [0.1, 0.15) is 54.1 Å². The lowest BCUT2D eigenvalue weighted by molar-refractivity contribution is -0.121. The van der Waals surface area contributed by atoms with Crippen molar-refractivity contribution in [3.63, 3.8) is 0 Å². The first-order valence-electron chi connectivity index (χ1n) is 6.87. The zero-order valence-corrected chi connectivity index (χ0v) is 12.1. The first-order valence-corrected chi connectivity index (χ1v) is 7.69. The molecule has 0 aliphatic heterocycles. The number of nitrogens with one attached hydrogen (secondary N) is 1. The number of thiazole rings is 1. The molecule has 4 heteroatoms. The number of aromatic nitrogens is 1. The molecule has 0 radical (unpaired) electrons. The number of rotatable bonds is 4. The van der Waals surface area contributed by atoms with Gasteiger partial charge in [0.2, 0.25) is 5.91 Å². The Morgan fingerprint density at radius 2 is 2.06 bits per heavy atom. The van der Waals surface area contributed by atoms with Crippen molar-refractivity contribution in [2.75, 3.05) is 0 Å². The molecule has 0 bridgehead atoms. The normalized spacial score (nSPS) is 16.8. The van der Waals surface area contributed by atoms with Gasteiger partial charge in [-0.1, -0.05) is 19.3 Å². The number of hydrogen-bond acceptors (Lipinski definition) is 3. The summed E-state index contributed by atoms with van der Waals surface area (Å²) in [5.74, 6) is 0.187. The van der Waals surface area contributed by atoms with E-state index in [0.717, 1.165) is 30.0 Å². The van der Waals surface area contributed by atoms with E-state index in [4.69, 9.17) is 0 Å². The molecule has 1 fully saturated rings. The highest BCUT2D eigenvalue weighted by molar-refractivity contribution is 7.11. The van der Waals surface area contributed by atoms with Crippen molar-refractivity contribution in [3.05, 3.63) is 15.6 Å². The smallest absolute Gasteiger partial charge is 0.220 e. The molecule has 1 saturated carbocycles. The van der Waals surface area contributed by atoms with Crippen molar-refractivity contribution < 1.29 is 4.79 Å². The first-order chi connectivity index (χ1) is 8.65. The molecule has 0 aromatic carbocycles. The minimum Gasteiger partial charge on any atom is -0.353 e. The number of nitrogens with zero attached hydrogens (tertiary/aromatic N) is 1. The average Bonchev–Trinajstić information content (AvgIpc) is 2.68. The third-order valence-electron chi connectivity index (χ3n) is 3.61. The average molecular weight is 266 g/mol. The Balaban J connectivity index is 1.74. The fourth-order valence-electron chi connectivity index (χ4n) is 2.41. The Hall–Kier alpha value is -0.900. The van der Waals surface area contributed by atoms with Gasteiger partial charge in [-0.25, -0.2) is 4.98 Å². The minimum absolute atomic E-state index is 0.187. The molecule has 100 valence electrons. The number of aryl methyl sites for hydroxylation is 3. The monoisotopic (exact) mass is 266 g/mol. The highest BCUT2D eigenvalue weighted by Crippen LogP contribution is 2.19. The second kappa shape index (κ2) is 6.32. The summed E-state index contributed by atoms with van der Waals surface area (Å²) in [6.45, 7) is 4.11. The molecule has 1 amide bonds. The minimum atomic E-state index is 0.187. The van der Waals surface area contributed by atoms with Gasteiger partial charge in [-0.2, -0.15) is 0 Å². The van der Waals surface area contributed by atoms with Gasteiger partial charge in [0, 0.05) is 23.8 Å². The van der Waals surface area contributed by atoms with Crippen LogP contribution in [-0.2, 0) is 11.2 Å². The van der Waals surface area contributed by atoms with E-state index < -0.39 is 0 Å². The molecule has 1 N–H and O–H groups in total. The Kier molecular flexibility index (Phi) is 4.75. The van der Waals surface area contributed by atoms with Crippen LogP contribution < -0.4 is 5.32 Å². The Morgan fingerprint density at radius 1 is 1.33 bits per heavy atom. The van der Waals surface area contributed by atoms with E-state index in [0.29, 0.717) is 12.5 Å². The van der Waals surface area contributed by atoms with E-state index in [1.807, 2.05) is 6.92 Å². The molecule has 2 rings (SSSR count). The van der Waals surface area contributed by atoms with Gasteiger partial charge >= 0.3 is 0 Å². The molecule has 0 unspecified atom stereocenters. The van der Waals surface area contributed by atoms with E-state index in [-0.39, 0.29) is 5.91 Å². The van der Waals surface area contributed by atoms with E-state index in [2.05, 4.69) is 17.2 Å². The van der Waals surface area contributed by atoms with Crippen molar-refractivity contribution >= 4 is 17.2 Å².